The largest absolute Gasteiger partial charge is 0.508 e. The fourth-order valence-electron chi connectivity index (χ4n) is 1.96. The summed E-state index contributed by atoms with van der Waals surface area (Å²) in [4.78, 5) is 4.31. The van der Waals surface area contributed by atoms with Gasteiger partial charge in [-0.2, -0.15) is 5.10 Å². The number of pyridine rings is 1. The lowest BCUT2D eigenvalue weighted by Gasteiger charge is -2.04. The van der Waals surface area contributed by atoms with Crippen LogP contribution >= 0.6 is 0 Å². The minimum Gasteiger partial charge on any atom is -0.508 e. The molecule has 4 heteroatoms. The number of aromatic hydroxyl groups is 1. The summed E-state index contributed by atoms with van der Waals surface area (Å²) in [5.74, 6) is 0.878. The Hall–Kier alpha value is -3.14. The molecule has 0 amide bonds. The summed E-state index contributed by atoms with van der Waals surface area (Å²) in [7, 11) is 0. The van der Waals surface area contributed by atoms with E-state index in [4.69, 9.17) is 0 Å². The monoisotopic (exact) mass is 335 g/mol. The molecule has 2 N–H and O–H groups in total. The van der Waals surface area contributed by atoms with Crippen molar-refractivity contribution in [2.45, 2.75) is 20.8 Å². The molecule has 0 fully saturated rings. The zero-order valence-corrected chi connectivity index (χ0v) is 15.0. The van der Waals surface area contributed by atoms with Crippen molar-refractivity contribution < 1.29 is 5.11 Å². The number of hydrogen-bond donors (Lipinski definition) is 2. The fraction of sp³-hybridized carbons (Fsp3) is 0.143. The van der Waals surface area contributed by atoms with Gasteiger partial charge in [-0.25, -0.2) is 4.98 Å². The van der Waals surface area contributed by atoms with E-state index in [-0.39, 0.29) is 5.75 Å². The Morgan fingerprint density at radius 2 is 2.00 bits per heavy atom. The van der Waals surface area contributed by atoms with Crippen LogP contribution in [0.25, 0.3) is 11.1 Å². The number of phenolic OH excluding ortho intramolecular Hbond substituents is 1. The molecule has 130 valence electrons. The van der Waals surface area contributed by atoms with Crippen molar-refractivity contribution in [2.75, 3.05) is 5.43 Å². The Kier molecular flexibility index (Phi) is 9.08. The van der Waals surface area contributed by atoms with Crippen molar-refractivity contribution in [3.05, 3.63) is 79.1 Å². The van der Waals surface area contributed by atoms with Gasteiger partial charge >= 0.3 is 0 Å². The molecular formula is C21H25N3O. The summed E-state index contributed by atoms with van der Waals surface area (Å²) in [6.45, 7) is 9.62. The topological polar surface area (TPSA) is 57.5 Å². The van der Waals surface area contributed by atoms with E-state index in [0.29, 0.717) is 5.82 Å². The van der Waals surface area contributed by atoms with Crippen LogP contribution < -0.4 is 5.43 Å². The molecule has 2 aromatic rings. The molecule has 1 aromatic carbocycles. The minimum atomic E-state index is 0.236. The molecule has 1 aromatic heterocycles. The second kappa shape index (κ2) is 11.4. The van der Waals surface area contributed by atoms with E-state index in [9.17, 15) is 5.11 Å². The van der Waals surface area contributed by atoms with Crippen molar-refractivity contribution in [2.24, 2.45) is 5.10 Å². The van der Waals surface area contributed by atoms with Gasteiger partial charge in [-0.15, -0.1) is 0 Å². The third-order valence-corrected chi connectivity index (χ3v) is 3.01. The normalized spacial score (nSPS) is 11.2. The van der Waals surface area contributed by atoms with Gasteiger partial charge in [0.05, 0.1) is 6.21 Å². The van der Waals surface area contributed by atoms with Crippen LogP contribution in [0, 0.1) is 0 Å². The van der Waals surface area contributed by atoms with Crippen molar-refractivity contribution in [1.29, 1.82) is 0 Å². The number of benzene rings is 1. The van der Waals surface area contributed by atoms with E-state index in [2.05, 4.69) is 22.1 Å². The lowest BCUT2D eigenvalue weighted by atomic mass is 10.1. The van der Waals surface area contributed by atoms with Crippen LogP contribution in [0.5, 0.6) is 5.75 Å². The Morgan fingerprint density at radius 3 is 2.60 bits per heavy atom. The molecular weight excluding hydrogens is 310 g/mol. The smallest absolute Gasteiger partial charge is 0.146 e. The third kappa shape index (κ3) is 6.87. The first-order chi connectivity index (χ1) is 12.2. The van der Waals surface area contributed by atoms with Crippen LogP contribution in [0.3, 0.4) is 0 Å². The first kappa shape index (κ1) is 19.9. The summed E-state index contributed by atoms with van der Waals surface area (Å²) >= 11 is 0. The first-order valence-electron chi connectivity index (χ1n) is 8.23. The zero-order valence-electron chi connectivity index (χ0n) is 15.0. The molecule has 4 nitrogen and oxygen atoms in total. The average molecular weight is 335 g/mol. The average Bonchev–Trinajstić information content (AvgIpc) is 2.64. The van der Waals surface area contributed by atoms with Gasteiger partial charge in [-0.05, 0) is 42.3 Å². The fourth-order valence-corrected chi connectivity index (χ4v) is 1.96. The molecule has 0 saturated heterocycles. The van der Waals surface area contributed by atoms with E-state index in [1.165, 1.54) is 0 Å². The van der Waals surface area contributed by atoms with Gasteiger partial charge in [0.1, 0.15) is 11.6 Å². The molecule has 0 aliphatic heterocycles. The van der Waals surface area contributed by atoms with Gasteiger partial charge in [-0.3, -0.25) is 5.43 Å². The van der Waals surface area contributed by atoms with E-state index >= 15 is 0 Å². The summed E-state index contributed by atoms with van der Waals surface area (Å²) in [5, 5.41) is 13.7. The van der Waals surface area contributed by atoms with Gasteiger partial charge in [0.25, 0.3) is 0 Å². The highest BCUT2D eigenvalue weighted by Crippen LogP contribution is 2.23. The van der Waals surface area contributed by atoms with Crippen LogP contribution in [-0.2, 0) is 0 Å². The summed E-state index contributed by atoms with van der Waals surface area (Å²) in [6.07, 6.45) is 10.9. The van der Waals surface area contributed by atoms with Gasteiger partial charge < -0.3 is 5.11 Å². The van der Waals surface area contributed by atoms with Gasteiger partial charge in [-0.1, -0.05) is 56.9 Å². The van der Waals surface area contributed by atoms with Crippen LogP contribution in [-0.4, -0.2) is 16.3 Å². The van der Waals surface area contributed by atoms with E-state index in [1.54, 1.807) is 36.7 Å². The highest BCUT2D eigenvalue weighted by Gasteiger charge is 1.99. The summed E-state index contributed by atoms with van der Waals surface area (Å²) < 4.78 is 0. The third-order valence-electron chi connectivity index (χ3n) is 3.01. The van der Waals surface area contributed by atoms with E-state index in [0.717, 1.165) is 16.7 Å². The molecule has 0 radical (unpaired) electrons. The number of rotatable bonds is 6. The predicted molar refractivity (Wildman–Crippen MR) is 108 cm³/mol. The Bertz CT molecular complexity index is 744. The molecule has 25 heavy (non-hydrogen) atoms. The number of hydrazone groups is 1. The lowest BCUT2D eigenvalue weighted by Crippen LogP contribution is -1.93. The van der Waals surface area contributed by atoms with Crippen LogP contribution in [0.4, 0.5) is 5.82 Å². The summed E-state index contributed by atoms with van der Waals surface area (Å²) in [5.41, 5.74) is 5.66. The number of anilines is 1. The molecule has 1 heterocycles. The molecule has 0 spiro atoms. The second-order valence-electron chi connectivity index (χ2n) is 4.75. The highest BCUT2D eigenvalue weighted by atomic mass is 16.3. The molecule has 0 atom stereocenters. The maximum atomic E-state index is 9.51. The van der Waals surface area contributed by atoms with Crippen molar-refractivity contribution in [3.8, 4) is 16.9 Å². The minimum absolute atomic E-state index is 0.236. The number of nitrogens with zero attached hydrogens (tertiary/aromatic N) is 2. The molecule has 2 rings (SSSR count). The molecule has 0 saturated carbocycles. The van der Waals surface area contributed by atoms with Crippen molar-refractivity contribution >= 4 is 12.0 Å². The van der Waals surface area contributed by atoms with Crippen LogP contribution in [0.1, 0.15) is 20.8 Å². The number of hydrogen-bond acceptors (Lipinski definition) is 4. The first-order valence-corrected chi connectivity index (χ1v) is 8.23. The quantitative estimate of drug-likeness (QED) is 0.412. The molecule has 0 aliphatic rings. The van der Waals surface area contributed by atoms with E-state index < -0.39 is 0 Å². The lowest BCUT2D eigenvalue weighted by molar-refractivity contribution is 0.475. The van der Waals surface area contributed by atoms with Gasteiger partial charge in [0.2, 0.25) is 0 Å². The van der Waals surface area contributed by atoms with Gasteiger partial charge in [0, 0.05) is 11.8 Å². The van der Waals surface area contributed by atoms with Gasteiger partial charge in [0.15, 0.2) is 0 Å². The van der Waals surface area contributed by atoms with E-state index in [1.807, 2.05) is 57.2 Å². The molecule has 0 aliphatic carbocycles. The number of nitrogens with one attached hydrogen (secondary N) is 1. The Morgan fingerprint density at radius 1 is 1.20 bits per heavy atom. The second-order valence-corrected chi connectivity index (χ2v) is 4.75. The van der Waals surface area contributed by atoms with Crippen LogP contribution in [0.2, 0.25) is 0 Å². The standard InChI is InChI=1S/C19H19N3O.C2H6/c1-3-6-15(7-4-2)13-21-22-19-11-10-17(14-20-19)16-8-5-9-18(23)12-16;1-2/h3-14,23H,1H2,2H3,(H,20,22);1-2H3/b7-4-,15-6+,21-13+;. The Balaban J connectivity index is 0.00000151. The predicted octanol–water partition coefficient (Wildman–Crippen LogP) is 5.57. The molecule has 0 bridgehead atoms. The Labute approximate surface area is 150 Å². The highest BCUT2D eigenvalue weighted by molar-refractivity contribution is 5.83. The summed E-state index contributed by atoms with van der Waals surface area (Å²) in [6, 6.07) is 10.8. The number of aromatic nitrogens is 1. The number of allylic oxidation sites excluding steroid dienone is 5. The van der Waals surface area contributed by atoms with Crippen molar-refractivity contribution in [3.63, 3.8) is 0 Å². The number of phenols is 1. The maximum absolute atomic E-state index is 9.51. The maximum Gasteiger partial charge on any atom is 0.146 e. The molecule has 0 unspecified atom stereocenters. The SMILES string of the molecule is C=C/C=C(\C=C/C)/C=N/Nc1ccc(-c2cccc(O)c2)cn1.CC. The zero-order chi connectivity index (χ0) is 18.5. The van der Waals surface area contributed by atoms with Crippen molar-refractivity contribution in [1.82, 2.24) is 4.98 Å². The van der Waals surface area contributed by atoms with Crippen LogP contribution in [0.15, 0.2) is 84.2 Å².